The van der Waals surface area contributed by atoms with Crippen LogP contribution in [0.15, 0.2) is 9.27 Å². The highest BCUT2D eigenvalue weighted by Gasteiger charge is 2.28. The highest BCUT2D eigenvalue weighted by Crippen LogP contribution is 2.42. The zero-order valence-electron chi connectivity index (χ0n) is 10.5. The van der Waals surface area contributed by atoms with E-state index in [0.29, 0.717) is 15.0 Å². The normalized spacial score (nSPS) is 24.2. The minimum atomic E-state index is -0.0529. The Bertz CT molecular complexity index is 478. The summed E-state index contributed by atoms with van der Waals surface area (Å²) in [4.78, 5) is 19.5. The molecule has 2 atom stereocenters. The number of aromatic nitrogens is 2. The predicted molar refractivity (Wildman–Crippen MR) is 83.7 cm³/mol. The second kappa shape index (κ2) is 6.48. The lowest BCUT2D eigenvalue weighted by Crippen LogP contribution is -2.24. The van der Waals surface area contributed by atoms with Crippen LogP contribution in [0.1, 0.15) is 37.0 Å². The standard InChI is InChI=1S/C12H17BrN2OS2/c1-3-7-9(13)12(16)15-11(14-7)10-8(4-2)17-5-6-18-10/h8,10H,3-6H2,1-2H3,(H,14,15,16). The summed E-state index contributed by atoms with van der Waals surface area (Å²) in [5, 5.41) is 0.873. The van der Waals surface area contributed by atoms with E-state index in [9.17, 15) is 4.79 Å². The maximum Gasteiger partial charge on any atom is 0.265 e. The molecule has 0 aliphatic carbocycles. The Kier molecular flexibility index (Phi) is 5.21. The van der Waals surface area contributed by atoms with Gasteiger partial charge in [0, 0.05) is 16.8 Å². The molecule has 2 heterocycles. The summed E-state index contributed by atoms with van der Waals surface area (Å²) in [6.07, 6.45) is 1.89. The molecule has 6 heteroatoms. The maximum atomic E-state index is 11.9. The van der Waals surface area contributed by atoms with Crippen LogP contribution in [0.25, 0.3) is 0 Å². The molecule has 2 rings (SSSR count). The third-order valence-corrected chi connectivity index (χ3v) is 7.08. The number of H-pyrrole nitrogens is 1. The van der Waals surface area contributed by atoms with E-state index in [-0.39, 0.29) is 5.56 Å². The summed E-state index contributed by atoms with van der Waals surface area (Å²) in [7, 11) is 0. The van der Waals surface area contributed by atoms with E-state index in [1.165, 1.54) is 5.75 Å². The summed E-state index contributed by atoms with van der Waals surface area (Å²) in [5.74, 6) is 3.18. The maximum absolute atomic E-state index is 11.9. The fourth-order valence-electron chi connectivity index (χ4n) is 2.05. The van der Waals surface area contributed by atoms with Crippen LogP contribution in [0.4, 0.5) is 0 Å². The van der Waals surface area contributed by atoms with E-state index in [0.717, 1.165) is 30.1 Å². The molecule has 1 N–H and O–H groups in total. The molecule has 0 aromatic carbocycles. The van der Waals surface area contributed by atoms with Crippen LogP contribution in [-0.4, -0.2) is 26.7 Å². The van der Waals surface area contributed by atoms with Crippen LogP contribution in [0.2, 0.25) is 0 Å². The van der Waals surface area contributed by atoms with Crippen LogP contribution < -0.4 is 5.56 Å². The SMILES string of the molecule is CCc1nc(C2SCCSC2CC)[nH]c(=O)c1Br. The van der Waals surface area contributed by atoms with Crippen LogP contribution in [0.5, 0.6) is 0 Å². The van der Waals surface area contributed by atoms with Crippen molar-refractivity contribution in [2.45, 2.75) is 37.2 Å². The van der Waals surface area contributed by atoms with Crippen molar-refractivity contribution in [3.63, 3.8) is 0 Å². The second-order valence-electron chi connectivity index (χ2n) is 4.17. The number of halogens is 1. The molecule has 3 nitrogen and oxygen atoms in total. The lowest BCUT2D eigenvalue weighted by molar-refractivity contribution is 0.733. The van der Waals surface area contributed by atoms with Gasteiger partial charge in [-0.25, -0.2) is 4.98 Å². The number of thioether (sulfide) groups is 2. The number of aryl methyl sites for hydroxylation is 1. The third kappa shape index (κ3) is 2.96. The highest BCUT2D eigenvalue weighted by molar-refractivity contribution is 9.10. The van der Waals surface area contributed by atoms with Gasteiger partial charge in [-0.05, 0) is 28.8 Å². The summed E-state index contributed by atoms with van der Waals surface area (Å²) in [6.45, 7) is 4.23. The van der Waals surface area contributed by atoms with E-state index in [4.69, 9.17) is 0 Å². The summed E-state index contributed by atoms with van der Waals surface area (Å²) >= 11 is 7.22. The lowest BCUT2D eigenvalue weighted by atomic mass is 10.2. The van der Waals surface area contributed by atoms with Gasteiger partial charge < -0.3 is 4.98 Å². The molecule has 1 aromatic rings. The third-order valence-electron chi connectivity index (χ3n) is 3.01. The predicted octanol–water partition coefficient (Wildman–Crippen LogP) is 3.39. The van der Waals surface area contributed by atoms with Gasteiger partial charge in [0.25, 0.3) is 5.56 Å². The Morgan fingerprint density at radius 1 is 1.39 bits per heavy atom. The minimum Gasteiger partial charge on any atom is -0.309 e. The average molecular weight is 349 g/mol. The summed E-state index contributed by atoms with van der Waals surface area (Å²) in [6, 6.07) is 0. The number of aromatic amines is 1. The van der Waals surface area contributed by atoms with Crippen molar-refractivity contribution in [1.82, 2.24) is 9.97 Å². The molecule has 1 fully saturated rings. The first kappa shape index (κ1) is 14.5. The van der Waals surface area contributed by atoms with Crippen molar-refractivity contribution in [3.05, 3.63) is 26.3 Å². The molecule has 18 heavy (non-hydrogen) atoms. The number of hydrogen-bond donors (Lipinski definition) is 1. The first-order valence-corrected chi connectivity index (χ1v) is 9.08. The largest absolute Gasteiger partial charge is 0.309 e. The Balaban J connectivity index is 2.37. The molecule has 0 spiro atoms. The Hall–Kier alpha value is 0.0600. The summed E-state index contributed by atoms with van der Waals surface area (Å²) in [5.41, 5.74) is 0.808. The van der Waals surface area contributed by atoms with E-state index in [1.807, 2.05) is 30.4 Å². The van der Waals surface area contributed by atoms with Gasteiger partial charge >= 0.3 is 0 Å². The topological polar surface area (TPSA) is 45.8 Å². The fourth-order valence-corrected chi connectivity index (χ4v) is 5.53. The first-order chi connectivity index (χ1) is 8.67. The molecule has 0 saturated carbocycles. The number of rotatable bonds is 3. The van der Waals surface area contributed by atoms with E-state index in [2.05, 4.69) is 32.8 Å². The van der Waals surface area contributed by atoms with Gasteiger partial charge in [-0.3, -0.25) is 4.79 Å². The smallest absolute Gasteiger partial charge is 0.265 e. The molecule has 1 aliphatic heterocycles. The van der Waals surface area contributed by atoms with Crippen molar-refractivity contribution in [1.29, 1.82) is 0 Å². The molecular weight excluding hydrogens is 332 g/mol. The van der Waals surface area contributed by atoms with Crippen LogP contribution in [0, 0.1) is 0 Å². The monoisotopic (exact) mass is 348 g/mol. The average Bonchev–Trinajstić information content (AvgIpc) is 2.41. The number of hydrogen-bond acceptors (Lipinski definition) is 4. The van der Waals surface area contributed by atoms with E-state index < -0.39 is 0 Å². The zero-order chi connectivity index (χ0) is 13.1. The highest BCUT2D eigenvalue weighted by atomic mass is 79.9. The Labute approximate surface area is 124 Å². The van der Waals surface area contributed by atoms with Gasteiger partial charge in [-0.15, -0.1) is 11.8 Å². The fraction of sp³-hybridized carbons (Fsp3) is 0.667. The lowest BCUT2D eigenvalue weighted by Gasteiger charge is -2.29. The van der Waals surface area contributed by atoms with Gasteiger partial charge in [0.15, 0.2) is 0 Å². The number of nitrogens with one attached hydrogen (secondary N) is 1. The van der Waals surface area contributed by atoms with E-state index in [1.54, 1.807) is 0 Å². The van der Waals surface area contributed by atoms with Crippen molar-refractivity contribution in [3.8, 4) is 0 Å². The molecule has 2 unspecified atom stereocenters. The summed E-state index contributed by atoms with van der Waals surface area (Å²) < 4.78 is 0.579. The van der Waals surface area contributed by atoms with Gasteiger partial charge in [0.2, 0.25) is 0 Å². The molecule has 0 amide bonds. The minimum absolute atomic E-state index is 0.0529. The van der Waals surface area contributed by atoms with Gasteiger partial charge in [0.1, 0.15) is 10.3 Å². The van der Waals surface area contributed by atoms with Crippen molar-refractivity contribution >= 4 is 39.5 Å². The van der Waals surface area contributed by atoms with E-state index >= 15 is 0 Å². The molecule has 100 valence electrons. The Morgan fingerprint density at radius 2 is 2.11 bits per heavy atom. The van der Waals surface area contributed by atoms with Gasteiger partial charge in [0.05, 0.1) is 10.9 Å². The van der Waals surface area contributed by atoms with Crippen molar-refractivity contribution < 1.29 is 0 Å². The second-order valence-corrected chi connectivity index (χ2v) is 7.56. The molecule has 0 radical (unpaired) electrons. The van der Waals surface area contributed by atoms with Crippen LogP contribution >= 0.6 is 39.5 Å². The zero-order valence-corrected chi connectivity index (χ0v) is 13.8. The first-order valence-electron chi connectivity index (χ1n) is 6.19. The van der Waals surface area contributed by atoms with Crippen molar-refractivity contribution in [2.24, 2.45) is 0 Å². The quantitative estimate of drug-likeness (QED) is 0.909. The van der Waals surface area contributed by atoms with Gasteiger partial charge in [-0.2, -0.15) is 11.8 Å². The molecular formula is C12H17BrN2OS2. The molecule has 0 bridgehead atoms. The molecule has 1 aliphatic rings. The van der Waals surface area contributed by atoms with Crippen LogP contribution in [0.3, 0.4) is 0 Å². The van der Waals surface area contributed by atoms with Crippen molar-refractivity contribution in [2.75, 3.05) is 11.5 Å². The van der Waals surface area contributed by atoms with Gasteiger partial charge in [-0.1, -0.05) is 13.8 Å². The molecule has 1 saturated heterocycles. The molecule has 1 aromatic heterocycles. The number of nitrogens with zero attached hydrogens (tertiary/aromatic N) is 1. The Morgan fingerprint density at radius 3 is 2.78 bits per heavy atom. The van der Waals surface area contributed by atoms with Crippen LogP contribution in [-0.2, 0) is 6.42 Å².